The third-order valence-corrected chi connectivity index (χ3v) is 4.36. The van der Waals surface area contributed by atoms with E-state index in [4.69, 9.17) is 14.2 Å². The molecular weight excluding hydrogens is 382 g/mol. The summed E-state index contributed by atoms with van der Waals surface area (Å²) in [5, 5.41) is 2.93. The van der Waals surface area contributed by atoms with Crippen LogP contribution in [0.25, 0.3) is 6.08 Å². The molecule has 2 aromatic carbocycles. The Morgan fingerprint density at radius 3 is 2.50 bits per heavy atom. The molecule has 6 nitrogen and oxygen atoms in total. The summed E-state index contributed by atoms with van der Waals surface area (Å²) < 4.78 is 15.8. The number of carbonyl (C=O) groups is 2. The van der Waals surface area contributed by atoms with Crippen LogP contribution in [-0.4, -0.2) is 32.2 Å². The van der Waals surface area contributed by atoms with Crippen LogP contribution < -0.4 is 14.8 Å². The molecule has 2 aromatic rings. The number of esters is 1. The van der Waals surface area contributed by atoms with E-state index >= 15 is 0 Å². The summed E-state index contributed by atoms with van der Waals surface area (Å²) in [7, 11) is 1.56. The number of methoxy groups -OCH3 is 1. The first-order valence-electron chi connectivity index (χ1n) is 10.1. The lowest BCUT2D eigenvalue weighted by molar-refractivity contribution is -0.144. The normalized spacial score (nSPS) is 11.7. The Morgan fingerprint density at radius 1 is 1.07 bits per heavy atom. The van der Waals surface area contributed by atoms with Gasteiger partial charge in [0.05, 0.1) is 19.8 Å². The van der Waals surface area contributed by atoms with E-state index in [-0.39, 0.29) is 18.6 Å². The fraction of sp³-hybridized carbons (Fsp3) is 0.333. The van der Waals surface area contributed by atoms with Crippen molar-refractivity contribution < 1.29 is 23.8 Å². The summed E-state index contributed by atoms with van der Waals surface area (Å²) in [6.45, 7) is 4.15. The standard InChI is InChI=1S/C24H29NO5/c1-4-9-20(19-10-7-6-8-11-19)25-23(26)17-30-24(27)15-13-18-12-14-21(29-5-2)22(16-18)28-3/h6-8,10-16,20H,4-5,9,17H2,1-3H3,(H,25,26)/b15-13+/t20-/m0/s1. The van der Waals surface area contributed by atoms with Gasteiger partial charge in [-0.05, 0) is 42.7 Å². The smallest absolute Gasteiger partial charge is 0.331 e. The van der Waals surface area contributed by atoms with Crippen molar-refractivity contribution in [1.29, 1.82) is 0 Å². The minimum absolute atomic E-state index is 0.103. The largest absolute Gasteiger partial charge is 0.493 e. The van der Waals surface area contributed by atoms with Crippen LogP contribution in [0.1, 0.15) is 43.9 Å². The van der Waals surface area contributed by atoms with Crippen LogP contribution in [0, 0.1) is 0 Å². The fourth-order valence-corrected chi connectivity index (χ4v) is 2.94. The highest BCUT2D eigenvalue weighted by atomic mass is 16.5. The molecule has 0 saturated carbocycles. The van der Waals surface area contributed by atoms with Crippen molar-refractivity contribution in [2.45, 2.75) is 32.7 Å². The molecule has 160 valence electrons. The Kier molecular flexibility index (Phi) is 9.45. The van der Waals surface area contributed by atoms with Crippen molar-refractivity contribution in [3.05, 3.63) is 65.7 Å². The lowest BCUT2D eigenvalue weighted by Gasteiger charge is -2.18. The zero-order valence-corrected chi connectivity index (χ0v) is 17.7. The van der Waals surface area contributed by atoms with Gasteiger partial charge >= 0.3 is 5.97 Å². The molecular formula is C24H29NO5. The Bertz CT molecular complexity index is 848. The predicted molar refractivity (Wildman–Crippen MR) is 116 cm³/mol. The summed E-state index contributed by atoms with van der Waals surface area (Å²) in [5.41, 5.74) is 1.78. The van der Waals surface area contributed by atoms with Gasteiger partial charge in [-0.2, -0.15) is 0 Å². The van der Waals surface area contributed by atoms with E-state index in [1.165, 1.54) is 6.08 Å². The lowest BCUT2D eigenvalue weighted by atomic mass is 10.0. The highest BCUT2D eigenvalue weighted by molar-refractivity contribution is 5.89. The van der Waals surface area contributed by atoms with E-state index in [2.05, 4.69) is 12.2 Å². The van der Waals surface area contributed by atoms with Gasteiger partial charge in [-0.15, -0.1) is 0 Å². The molecule has 0 spiro atoms. The average Bonchev–Trinajstić information content (AvgIpc) is 2.77. The van der Waals surface area contributed by atoms with Crippen LogP contribution in [-0.2, 0) is 14.3 Å². The van der Waals surface area contributed by atoms with E-state index in [1.807, 2.05) is 37.3 Å². The third kappa shape index (κ3) is 7.28. The Balaban J connectivity index is 1.88. The molecule has 1 N–H and O–H groups in total. The molecule has 0 saturated heterocycles. The molecule has 0 aromatic heterocycles. The maximum Gasteiger partial charge on any atom is 0.331 e. The molecule has 0 aliphatic rings. The van der Waals surface area contributed by atoms with Crippen LogP contribution in [0.3, 0.4) is 0 Å². The van der Waals surface area contributed by atoms with Gasteiger partial charge in [0.2, 0.25) is 0 Å². The highest BCUT2D eigenvalue weighted by Gasteiger charge is 2.14. The van der Waals surface area contributed by atoms with Crippen molar-refractivity contribution >= 4 is 18.0 Å². The Hall–Kier alpha value is -3.28. The van der Waals surface area contributed by atoms with Gasteiger partial charge in [0.15, 0.2) is 18.1 Å². The fourth-order valence-electron chi connectivity index (χ4n) is 2.94. The first-order valence-corrected chi connectivity index (χ1v) is 10.1. The molecule has 1 amide bonds. The minimum Gasteiger partial charge on any atom is -0.493 e. The van der Waals surface area contributed by atoms with E-state index in [1.54, 1.807) is 31.4 Å². The zero-order valence-electron chi connectivity index (χ0n) is 17.7. The van der Waals surface area contributed by atoms with E-state index in [0.717, 1.165) is 24.0 Å². The molecule has 0 bridgehead atoms. The third-order valence-electron chi connectivity index (χ3n) is 4.36. The lowest BCUT2D eigenvalue weighted by Crippen LogP contribution is -2.32. The van der Waals surface area contributed by atoms with Crippen LogP contribution in [0.15, 0.2) is 54.6 Å². The quantitative estimate of drug-likeness (QED) is 0.441. The van der Waals surface area contributed by atoms with Gasteiger partial charge in [0.1, 0.15) is 0 Å². The van der Waals surface area contributed by atoms with E-state index in [0.29, 0.717) is 18.1 Å². The number of hydrogen-bond acceptors (Lipinski definition) is 5. The van der Waals surface area contributed by atoms with Crippen LogP contribution in [0.4, 0.5) is 0 Å². The molecule has 0 fully saturated rings. The molecule has 0 aliphatic heterocycles. The molecule has 0 aliphatic carbocycles. The van der Waals surface area contributed by atoms with Crippen LogP contribution in [0.2, 0.25) is 0 Å². The van der Waals surface area contributed by atoms with E-state index in [9.17, 15) is 9.59 Å². The molecule has 30 heavy (non-hydrogen) atoms. The van der Waals surface area contributed by atoms with Gasteiger partial charge in [0.25, 0.3) is 5.91 Å². The second kappa shape index (κ2) is 12.3. The van der Waals surface area contributed by atoms with Gasteiger partial charge in [-0.1, -0.05) is 49.7 Å². The zero-order chi connectivity index (χ0) is 21.8. The SMILES string of the molecule is CCC[C@H](NC(=O)COC(=O)/C=C/c1ccc(OCC)c(OC)c1)c1ccccc1. The van der Waals surface area contributed by atoms with Gasteiger partial charge < -0.3 is 19.5 Å². The second-order valence-electron chi connectivity index (χ2n) is 6.60. The maximum atomic E-state index is 12.2. The number of amides is 1. The van der Waals surface area contributed by atoms with Crippen molar-refractivity contribution in [2.75, 3.05) is 20.3 Å². The van der Waals surface area contributed by atoms with Crippen molar-refractivity contribution in [1.82, 2.24) is 5.32 Å². The number of benzene rings is 2. The van der Waals surface area contributed by atoms with Gasteiger partial charge in [0, 0.05) is 6.08 Å². The predicted octanol–water partition coefficient (Wildman–Crippen LogP) is 4.31. The van der Waals surface area contributed by atoms with Crippen LogP contribution in [0.5, 0.6) is 11.5 Å². The minimum atomic E-state index is -0.593. The monoisotopic (exact) mass is 411 g/mol. The number of carbonyl (C=O) groups excluding carboxylic acids is 2. The number of hydrogen-bond donors (Lipinski definition) is 1. The molecule has 0 heterocycles. The van der Waals surface area contributed by atoms with Gasteiger partial charge in [-0.3, -0.25) is 4.79 Å². The summed E-state index contributed by atoms with van der Waals surface area (Å²) in [4.78, 5) is 24.2. The molecule has 6 heteroatoms. The number of rotatable bonds is 11. The summed E-state index contributed by atoms with van der Waals surface area (Å²) >= 11 is 0. The molecule has 0 unspecified atom stereocenters. The second-order valence-corrected chi connectivity index (χ2v) is 6.60. The number of ether oxygens (including phenoxy) is 3. The van der Waals surface area contributed by atoms with E-state index < -0.39 is 5.97 Å². The van der Waals surface area contributed by atoms with Crippen molar-refractivity contribution in [3.63, 3.8) is 0 Å². The topological polar surface area (TPSA) is 73.9 Å². The first kappa shape index (κ1) is 23.0. The Labute approximate surface area is 177 Å². The average molecular weight is 411 g/mol. The molecule has 2 rings (SSSR count). The maximum absolute atomic E-state index is 12.2. The Morgan fingerprint density at radius 2 is 1.83 bits per heavy atom. The number of nitrogens with one attached hydrogen (secondary N) is 1. The van der Waals surface area contributed by atoms with Crippen LogP contribution >= 0.6 is 0 Å². The summed E-state index contributed by atoms with van der Waals surface area (Å²) in [6.07, 6.45) is 4.61. The molecule has 0 radical (unpaired) electrons. The first-order chi connectivity index (χ1) is 14.6. The van der Waals surface area contributed by atoms with Gasteiger partial charge in [-0.25, -0.2) is 4.79 Å². The molecule has 1 atom stereocenters. The summed E-state index contributed by atoms with van der Waals surface area (Å²) in [5.74, 6) is 0.289. The highest BCUT2D eigenvalue weighted by Crippen LogP contribution is 2.28. The van der Waals surface area contributed by atoms with Crippen molar-refractivity contribution in [3.8, 4) is 11.5 Å². The van der Waals surface area contributed by atoms with Crippen molar-refractivity contribution in [2.24, 2.45) is 0 Å². The summed E-state index contributed by atoms with van der Waals surface area (Å²) in [6, 6.07) is 15.0.